The highest BCUT2D eigenvalue weighted by molar-refractivity contribution is 7.18. The van der Waals surface area contributed by atoms with Crippen molar-refractivity contribution in [3.05, 3.63) is 16.8 Å². The molecule has 2 aromatic rings. The number of nitrogens with two attached hydrogens (primary N) is 1. The molecule has 1 saturated heterocycles. The molecule has 0 amide bonds. The molecule has 0 bridgehead atoms. The molecule has 2 aromatic heterocycles. The van der Waals surface area contributed by atoms with Crippen LogP contribution in [0, 0.1) is 25.7 Å². The highest BCUT2D eigenvalue weighted by atomic mass is 32.1. The second-order valence-corrected chi connectivity index (χ2v) is 7.79. The molecule has 3 atom stereocenters. The Morgan fingerprint density at radius 2 is 2.10 bits per heavy atom. The maximum absolute atomic E-state index is 6.35. The Morgan fingerprint density at radius 3 is 2.90 bits per heavy atom. The summed E-state index contributed by atoms with van der Waals surface area (Å²) < 4.78 is 0. The molecular weight excluding hydrogens is 280 g/mol. The second kappa shape index (κ2) is 4.92. The third kappa shape index (κ3) is 2.06. The van der Waals surface area contributed by atoms with Gasteiger partial charge in [-0.3, -0.25) is 0 Å². The molecule has 1 aliphatic heterocycles. The maximum atomic E-state index is 6.35. The summed E-state index contributed by atoms with van der Waals surface area (Å²) in [6.07, 6.45) is 5.51. The van der Waals surface area contributed by atoms with Crippen molar-refractivity contribution >= 4 is 27.4 Å². The largest absolute Gasteiger partial charge is 0.355 e. The molecule has 21 heavy (non-hydrogen) atoms. The predicted octanol–water partition coefficient (Wildman–Crippen LogP) is 2.87. The maximum Gasteiger partial charge on any atom is 0.141 e. The molecule has 4 nitrogen and oxygen atoms in total. The predicted molar refractivity (Wildman–Crippen MR) is 87.9 cm³/mol. The van der Waals surface area contributed by atoms with Crippen LogP contribution in [-0.2, 0) is 0 Å². The van der Waals surface area contributed by atoms with Crippen molar-refractivity contribution in [1.29, 1.82) is 0 Å². The van der Waals surface area contributed by atoms with Crippen molar-refractivity contribution < 1.29 is 0 Å². The van der Waals surface area contributed by atoms with E-state index in [9.17, 15) is 0 Å². The minimum Gasteiger partial charge on any atom is -0.355 e. The topological polar surface area (TPSA) is 55.0 Å². The number of nitrogens with zero attached hydrogens (tertiary/aromatic N) is 3. The molecule has 0 aromatic carbocycles. The zero-order valence-corrected chi connectivity index (χ0v) is 13.5. The molecular formula is C16H22N4S. The molecule has 2 aliphatic rings. The third-order valence-electron chi connectivity index (χ3n) is 5.40. The number of anilines is 1. The Morgan fingerprint density at radius 1 is 1.24 bits per heavy atom. The van der Waals surface area contributed by atoms with Gasteiger partial charge in [-0.25, -0.2) is 9.97 Å². The number of aryl methyl sites for hydroxylation is 2. The summed E-state index contributed by atoms with van der Waals surface area (Å²) in [5, 5.41) is 1.26. The summed E-state index contributed by atoms with van der Waals surface area (Å²) in [6, 6.07) is 0.372. The van der Waals surface area contributed by atoms with E-state index < -0.39 is 0 Å². The van der Waals surface area contributed by atoms with Gasteiger partial charge in [-0.05, 0) is 44.1 Å². The van der Waals surface area contributed by atoms with E-state index in [0.717, 1.165) is 29.7 Å². The summed E-state index contributed by atoms with van der Waals surface area (Å²) in [5.41, 5.74) is 7.69. The lowest BCUT2D eigenvalue weighted by Crippen LogP contribution is -2.38. The van der Waals surface area contributed by atoms with Crippen molar-refractivity contribution in [2.24, 2.45) is 17.6 Å². The fourth-order valence-corrected chi connectivity index (χ4v) is 5.08. The van der Waals surface area contributed by atoms with Gasteiger partial charge in [0.2, 0.25) is 0 Å². The molecule has 112 valence electrons. The van der Waals surface area contributed by atoms with Gasteiger partial charge < -0.3 is 10.6 Å². The molecule has 4 rings (SSSR count). The zero-order chi connectivity index (χ0) is 14.6. The Balaban J connectivity index is 1.74. The second-order valence-electron chi connectivity index (χ2n) is 6.58. The first-order valence-corrected chi connectivity index (χ1v) is 8.68. The van der Waals surface area contributed by atoms with Crippen LogP contribution in [0.2, 0.25) is 0 Å². The van der Waals surface area contributed by atoms with E-state index in [4.69, 9.17) is 5.73 Å². The van der Waals surface area contributed by atoms with Gasteiger partial charge in [0.15, 0.2) is 0 Å². The highest BCUT2D eigenvalue weighted by Crippen LogP contribution is 2.40. The summed E-state index contributed by atoms with van der Waals surface area (Å²) in [7, 11) is 0. The lowest BCUT2D eigenvalue weighted by molar-refractivity contribution is 0.260. The molecule has 5 heteroatoms. The zero-order valence-electron chi connectivity index (χ0n) is 12.7. The van der Waals surface area contributed by atoms with E-state index in [1.807, 2.05) is 0 Å². The van der Waals surface area contributed by atoms with E-state index in [1.165, 1.54) is 35.1 Å². The van der Waals surface area contributed by atoms with Crippen molar-refractivity contribution in [3.8, 4) is 0 Å². The molecule has 2 N–H and O–H groups in total. The van der Waals surface area contributed by atoms with Crippen LogP contribution in [0.1, 0.15) is 29.7 Å². The standard InChI is InChI=1S/C16H22N4S/c1-9-10(2)21-16-14(9)15(18-8-19-16)20-6-11-4-3-5-13(17)12(11)7-20/h8,11-13H,3-7,17H2,1-2H3. The van der Waals surface area contributed by atoms with Gasteiger partial charge in [-0.2, -0.15) is 0 Å². The van der Waals surface area contributed by atoms with Gasteiger partial charge >= 0.3 is 0 Å². The van der Waals surface area contributed by atoms with Crippen molar-refractivity contribution in [2.75, 3.05) is 18.0 Å². The summed E-state index contributed by atoms with van der Waals surface area (Å²) in [4.78, 5) is 14.0. The highest BCUT2D eigenvalue weighted by Gasteiger charge is 2.39. The van der Waals surface area contributed by atoms with E-state index in [2.05, 4.69) is 28.7 Å². The summed E-state index contributed by atoms with van der Waals surface area (Å²) in [5.74, 6) is 2.52. The van der Waals surface area contributed by atoms with E-state index in [0.29, 0.717) is 12.0 Å². The molecule has 3 heterocycles. The van der Waals surface area contributed by atoms with E-state index >= 15 is 0 Å². The van der Waals surface area contributed by atoms with Crippen LogP contribution in [0.5, 0.6) is 0 Å². The number of rotatable bonds is 1. The van der Waals surface area contributed by atoms with Crippen molar-refractivity contribution in [3.63, 3.8) is 0 Å². The lowest BCUT2D eigenvalue weighted by atomic mass is 9.78. The smallest absolute Gasteiger partial charge is 0.141 e. The van der Waals surface area contributed by atoms with Gasteiger partial charge in [-0.1, -0.05) is 6.42 Å². The van der Waals surface area contributed by atoms with Gasteiger partial charge in [0.1, 0.15) is 17.0 Å². The fourth-order valence-electron chi connectivity index (χ4n) is 4.09. The van der Waals surface area contributed by atoms with Crippen LogP contribution in [0.3, 0.4) is 0 Å². The monoisotopic (exact) mass is 302 g/mol. The minimum absolute atomic E-state index is 0.372. The first kappa shape index (κ1) is 13.5. The number of hydrogen-bond acceptors (Lipinski definition) is 5. The molecule has 2 fully saturated rings. The molecule has 0 spiro atoms. The quantitative estimate of drug-likeness (QED) is 0.880. The van der Waals surface area contributed by atoms with Gasteiger partial charge in [0.25, 0.3) is 0 Å². The summed E-state index contributed by atoms with van der Waals surface area (Å²) >= 11 is 1.78. The van der Waals surface area contributed by atoms with Crippen LogP contribution in [0.25, 0.3) is 10.2 Å². The lowest BCUT2D eigenvalue weighted by Gasteiger charge is -2.29. The van der Waals surface area contributed by atoms with Crippen molar-refractivity contribution in [1.82, 2.24) is 9.97 Å². The van der Waals surface area contributed by atoms with Crippen LogP contribution >= 0.6 is 11.3 Å². The normalized spacial score (nSPS) is 29.1. The van der Waals surface area contributed by atoms with E-state index in [1.54, 1.807) is 17.7 Å². The van der Waals surface area contributed by atoms with E-state index in [-0.39, 0.29) is 0 Å². The summed E-state index contributed by atoms with van der Waals surface area (Å²) in [6.45, 7) is 6.53. The first-order chi connectivity index (χ1) is 10.1. The van der Waals surface area contributed by atoms with Crippen LogP contribution in [0.15, 0.2) is 6.33 Å². The average Bonchev–Trinajstić information content (AvgIpc) is 3.02. The van der Waals surface area contributed by atoms with Crippen LogP contribution in [0.4, 0.5) is 5.82 Å². The Bertz CT molecular complexity index is 680. The van der Waals surface area contributed by atoms with Gasteiger partial charge in [0.05, 0.1) is 5.39 Å². The number of aromatic nitrogens is 2. The Kier molecular flexibility index (Phi) is 3.15. The first-order valence-electron chi connectivity index (χ1n) is 7.86. The number of hydrogen-bond donors (Lipinski definition) is 1. The number of fused-ring (bicyclic) bond motifs is 2. The Labute approximate surface area is 129 Å². The van der Waals surface area contributed by atoms with Crippen LogP contribution in [-0.4, -0.2) is 29.1 Å². The van der Waals surface area contributed by atoms with Crippen LogP contribution < -0.4 is 10.6 Å². The minimum atomic E-state index is 0.372. The third-order valence-corrected chi connectivity index (χ3v) is 6.51. The Hall–Kier alpha value is -1.20. The number of thiophene rings is 1. The van der Waals surface area contributed by atoms with Gasteiger partial charge in [-0.15, -0.1) is 11.3 Å². The fraction of sp³-hybridized carbons (Fsp3) is 0.625. The molecule has 1 saturated carbocycles. The molecule has 0 radical (unpaired) electrons. The van der Waals surface area contributed by atoms with Gasteiger partial charge in [0, 0.05) is 24.0 Å². The average molecular weight is 302 g/mol. The SMILES string of the molecule is Cc1sc2ncnc(N3CC4CCCC(N)C4C3)c2c1C. The van der Waals surface area contributed by atoms with Crippen molar-refractivity contribution in [2.45, 2.75) is 39.2 Å². The molecule has 3 unspecified atom stereocenters. The molecule has 1 aliphatic carbocycles.